The van der Waals surface area contributed by atoms with E-state index in [1.54, 1.807) is 5.38 Å². The zero-order valence-corrected chi connectivity index (χ0v) is 19.2. The van der Waals surface area contributed by atoms with Gasteiger partial charge in [0.15, 0.2) is 0 Å². The number of ether oxygens (including phenoxy) is 1. The van der Waals surface area contributed by atoms with Crippen LogP contribution in [0.3, 0.4) is 0 Å². The normalized spacial score (nSPS) is 15.5. The minimum absolute atomic E-state index is 0.335. The zero-order chi connectivity index (χ0) is 22.3. The molecule has 1 fully saturated rings. The van der Waals surface area contributed by atoms with Crippen molar-refractivity contribution in [3.63, 3.8) is 0 Å². The number of esters is 1. The Kier molecular flexibility index (Phi) is 7.55. The van der Waals surface area contributed by atoms with Gasteiger partial charge >= 0.3 is 5.97 Å². The summed E-state index contributed by atoms with van der Waals surface area (Å²) < 4.78 is 5.45. The summed E-state index contributed by atoms with van der Waals surface area (Å²) >= 11 is 1.52. The predicted molar refractivity (Wildman–Crippen MR) is 126 cm³/mol. The third-order valence-corrected chi connectivity index (χ3v) is 6.88. The van der Waals surface area contributed by atoms with Crippen LogP contribution in [-0.2, 0) is 16.0 Å². The number of aromatic amines is 1. The molecule has 7 nitrogen and oxygen atoms in total. The van der Waals surface area contributed by atoms with E-state index in [1.807, 2.05) is 37.4 Å². The standard InChI is InChI=1S/C24H30N4O3S/c1-2-3-12-31-24(30)20(13-17-14-26-19-7-5-4-6-18(17)19)27-22(29)21-15-32-23(28-21)16-8-10-25-11-9-16/h4-7,14-16,20,25-26H,2-3,8-13H2,1H3,(H,27,29). The molecule has 32 heavy (non-hydrogen) atoms. The maximum absolute atomic E-state index is 13.0. The summed E-state index contributed by atoms with van der Waals surface area (Å²) in [5, 5.41) is 10.1. The monoisotopic (exact) mass is 454 g/mol. The third-order valence-electron chi connectivity index (χ3n) is 5.87. The SMILES string of the molecule is CCCCOC(=O)C(Cc1c[nH]c2ccccc12)NC(=O)c1csc(C2CCNCC2)n1. The number of hydrogen-bond acceptors (Lipinski definition) is 6. The van der Waals surface area contributed by atoms with Gasteiger partial charge in [-0.2, -0.15) is 0 Å². The number of nitrogens with one attached hydrogen (secondary N) is 3. The molecule has 1 amide bonds. The minimum atomic E-state index is -0.775. The molecule has 1 unspecified atom stereocenters. The van der Waals surface area contributed by atoms with Crippen molar-refractivity contribution in [1.82, 2.24) is 20.6 Å². The van der Waals surface area contributed by atoms with E-state index in [4.69, 9.17) is 4.74 Å². The highest BCUT2D eigenvalue weighted by molar-refractivity contribution is 7.09. The van der Waals surface area contributed by atoms with Gasteiger partial charge in [-0.05, 0) is 44.0 Å². The largest absolute Gasteiger partial charge is 0.464 e. The number of H-pyrrole nitrogens is 1. The van der Waals surface area contributed by atoms with Gasteiger partial charge in [0.2, 0.25) is 0 Å². The van der Waals surface area contributed by atoms with Gasteiger partial charge in [0.25, 0.3) is 5.91 Å². The first kappa shape index (κ1) is 22.5. The number of nitrogens with zero attached hydrogens (tertiary/aromatic N) is 1. The van der Waals surface area contributed by atoms with Crippen molar-refractivity contribution in [3.05, 3.63) is 52.1 Å². The molecule has 0 radical (unpaired) electrons. The number of piperidine rings is 1. The average Bonchev–Trinajstić information content (AvgIpc) is 3.47. The Morgan fingerprint density at radius 1 is 1.28 bits per heavy atom. The van der Waals surface area contributed by atoms with E-state index >= 15 is 0 Å². The van der Waals surface area contributed by atoms with E-state index in [-0.39, 0.29) is 5.91 Å². The van der Waals surface area contributed by atoms with Gasteiger partial charge < -0.3 is 20.4 Å². The Labute approximate surface area is 192 Å². The van der Waals surface area contributed by atoms with Crippen molar-refractivity contribution in [3.8, 4) is 0 Å². The summed E-state index contributed by atoms with van der Waals surface area (Å²) in [6.07, 6.45) is 6.03. The number of carbonyl (C=O) groups excluding carboxylic acids is 2. The van der Waals surface area contributed by atoms with Crippen LogP contribution >= 0.6 is 11.3 Å². The van der Waals surface area contributed by atoms with Crippen molar-refractivity contribution >= 4 is 34.1 Å². The van der Waals surface area contributed by atoms with Crippen LogP contribution in [0.15, 0.2) is 35.8 Å². The van der Waals surface area contributed by atoms with Crippen LogP contribution < -0.4 is 10.6 Å². The van der Waals surface area contributed by atoms with Gasteiger partial charge in [0, 0.05) is 34.8 Å². The fraction of sp³-hybridized carbons (Fsp3) is 0.458. The molecule has 0 aliphatic carbocycles. The number of thiazole rings is 1. The molecular formula is C24H30N4O3S. The second-order valence-corrected chi connectivity index (χ2v) is 9.10. The molecule has 170 valence electrons. The molecule has 0 saturated carbocycles. The van der Waals surface area contributed by atoms with Gasteiger partial charge in [-0.15, -0.1) is 11.3 Å². The topological polar surface area (TPSA) is 96.1 Å². The van der Waals surface area contributed by atoms with Gasteiger partial charge in [0.1, 0.15) is 11.7 Å². The third kappa shape index (κ3) is 5.37. The van der Waals surface area contributed by atoms with Crippen LogP contribution in [0.5, 0.6) is 0 Å². The van der Waals surface area contributed by atoms with Crippen molar-refractivity contribution in [2.75, 3.05) is 19.7 Å². The summed E-state index contributed by atoms with van der Waals surface area (Å²) in [4.78, 5) is 33.6. The lowest BCUT2D eigenvalue weighted by molar-refractivity contribution is -0.146. The second-order valence-electron chi connectivity index (χ2n) is 8.21. The maximum Gasteiger partial charge on any atom is 0.328 e. The molecule has 3 N–H and O–H groups in total. The fourth-order valence-corrected chi connectivity index (χ4v) is 4.98. The van der Waals surface area contributed by atoms with Crippen molar-refractivity contribution in [2.45, 2.75) is 51.0 Å². The van der Waals surface area contributed by atoms with E-state index in [9.17, 15) is 9.59 Å². The number of hydrogen-bond donors (Lipinski definition) is 3. The Bertz CT molecular complexity index is 1050. The zero-order valence-electron chi connectivity index (χ0n) is 18.4. The predicted octanol–water partition coefficient (Wildman–Crippen LogP) is 3.78. The molecule has 0 bridgehead atoms. The van der Waals surface area contributed by atoms with E-state index < -0.39 is 12.0 Å². The number of fused-ring (bicyclic) bond motifs is 1. The number of unbranched alkanes of at least 4 members (excludes halogenated alkanes) is 1. The van der Waals surface area contributed by atoms with Gasteiger partial charge in [-0.25, -0.2) is 9.78 Å². The van der Waals surface area contributed by atoms with Crippen LogP contribution in [0.4, 0.5) is 0 Å². The van der Waals surface area contributed by atoms with Crippen LogP contribution in [0.25, 0.3) is 10.9 Å². The molecule has 0 spiro atoms. The summed E-state index contributed by atoms with van der Waals surface area (Å²) in [6.45, 7) is 4.34. The van der Waals surface area contributed by atoms with E-state index in [0.29, 0.717) is 24.6 Å². The lowest BCUT2D eigenvalue weighted by Gasteiger charge is -2.20. The summed E-state index contributed by atoms with van der Waals surface area (Å²) in [7, 11) is 0. The molecule has 1 aliphatic heterocycles. The number of rotatable bonds is 9. The summed E-state index contributed by atoms with van der Waals surface area (Å²) in [5.41, 5.74) is 2.33. The maximum atomic E-state index is 13.0. The molecule has 3 heterocycles. The highest BCUT2D eigenvalue weighted by Crippen LogP contribution is 2.28. The highest BCUT2D eigenvalue weighted by Gasteiger charge is 2.26. The number of aromatic nitrogens is 2. The van der Waals surface area contributed by atoms with E-state index in [2.05, 4.69) is 20.6 Å². The first-order valence-corrected chi connectivity index (χ1v) is 12.2. The summed E-state index contributed by atoms with van der Waals surface area (Å²) in [5.74, 6) is -0.353. The number of amides is 1. The number of para-hydroxylation sites is 1. The second kappa shape index (κ2) is 10.7. The van der Waals surface area contributed by atoms with Crippen molar-refractivity contribution < 1.29 is 14.3 Å². The van der Waals surface area contributed by atoms with E-state index in [1.165, 1.54) is 11.3 Å². The smallest absolute Gasteiger partial charge is 0.328 e. The first-order chi connectivity index (χ1) is 15.7. The van der Waals surface area contributed by atoms with Crippen molar-refractivity contribution in [1.29, 1.82) is 0 Å². The molecule has 2 aromatic heterocycles. The minimum Gasteiger partial charge on any atom is -0.464 e. The molecule has 8 heteroatoms. The Balaban J connectivity index is 1.48. The summed E-state index contributed by atoms with van der Waals surface area (Å²) in [6, 6.07) is 7.15. The number of benzene rings is 1. The lowest BCUT2D eigenvalue weighted by Crippen LogP contribution is -2.43. The van der Waals surface area contributed by atoms with Crippen LogP contribution in [-0.4, -0.2) is 47.6 Å². The van der Waals surface area contributed by atoms with Crippen molar-refractivity contribution in [2.24, 2.45) is 0 Å². The number of carbonyl (C=O) groups is 2. The van der Waals surface area contributed by atoms with Gasteiger partial charge in [0.05, 0.1) is 11.6 Å². The molecule has 4 rings (SSSR count). The molecular weight excluding hydrogens is 424 g/mol. The van der Waals surface area contributed by atoms with Crippen LogP contribution in [0.1, 0.15) is 59.6 Å². The Morgan fingerprint density at radius 2 is 2.09 bits per heavy atom. The Morgan fingerprint density at radius 3 is 2.91 bits per heavy atom. The fourth-order valence-electron chi connectivity index (χ4n) is 4.01. The quantitative estimate of drug-likeness (QED) is 0.338. The van der Waals surface area contributed by atoms with E-state index in [0.717, 1.165) is 60.2 Å². The average molecular weight is 455 g/mol. The molecule has 1 saturated heterocycles. The molecule has 3 aromatic rings. The van der Waals surface area contributed by atoms with Crippen LogP contribution in [0, 0.1) is 0 Å². The van der Waals surface area contributed by atoms with Gasteiger partial charge in [-0.3, -0.25) is 4.79 Å². The lowest BCUT2D eigenvalue weighted by atomic mass is 9.99. The molecule has 1 aromatic carbocycles. The Hall–Kier alpha value is -2.71. The molecule has 1 atom stereocenters. The van der Waals surface area contributed by atoms with Crippen LogP contribution in [0.2, 0.25) is 0 Å². The highest BCUT2D eigenvalue weighted by atomic mass is 32.1. The molecule has 1 aliphatic rings. The van der Waals surface area contributed by atoms with Gasteiger partial charge in [-0.1, -0.05) is 31.5 Å². The first-order valence-electron chi connectivity index (χ1n) is 11.3.